The molecular weight excluding hydrogens is 308 g/mol. The molecule has 1 aromatic carbocycles. The Labute approximate surface area is 135 Å². The Bertz CT molecular complexity index is 486. The first-order chi connectivity index (χ1) is 10.1. The lowest BCUT2D eigenvalue weighted by Gasteiger charge is -2.30. The van der Waals surface area contributed by atoms with E-state index in [1.165, 1.54) is 11.8 Å². The first-order valence-corrected chi connectivity index (χ1v) is 8.31. The number of amides is 1. The summed E-state index contributed by atoms with van der Waals surface area (Å²) in [7, 11) is 2.06. The predicted molar refractivity (Wildman–Crippen MR) is 87.0 cm³/mol. The van der Waals surface area contributed by atoms with Crippen LogP contribution in [0.3, 0.4) is 0 Å². The maximum Gasteiger partial charge on any atom is 0.233 e. The second-order valence-electron chi connectivity index (χ2n) is 5.19. The molecule has 0 radical (unpaired) electrons. The highest BCUT2D eigenvalue weighted by molar-refractivity contribution is 8.00. The Morgan fingerprint density at radius 2 is 2.33 bits per heavy atom. The van der Waals surface area contributed by atoms with Gasteiger partial charge in [0, 0.05) is 24.5 Å². The van der Waals surface area contributed by atoms with Gasteiger partial charge in [0.1, 0.15) is 0 Å². The van der Waals surface area contributed by atoms with Gasteiger partial charge in [-0.05, 0) is 26.1 Å². The van der Waals surface area contributed by atoms with Crippen LogP contribution in [0.5, 0.6) is 0 Å². The van der Waals surface area contributed by atoms with Crippen LogP contribution in [0.1, 0.15) is 6.92 Å². The molecule has 1 heterocycles. The summed E-state index contributed by atoms with van der Waals surface area (Å²) in [5, 5.41) is 3.45. The van der Waals surface area contributed by atoms with Gasteiger partial charge < -0.3 is 15.0 Å². The first-order valence-electron chi connectivity index (χ1n) is 7.05. The van der Waals surface area contributed by atoms with Crippen LogP contribution in [-0.2, 0) is 9.53 Å². The van der Waals surface area contributed by atoms with Crippen molar-refractivity contribution in [2.24, 2.45) is 0 Å². The van der Waals surface area contributed by atoms with Gasteiger partial charge in [-0.2, -0.15) is 0 Å². The molecule has 1 aromatic rings. The average molecular weight is 329 g/mol. The zero-order chi connectivity index (χ0) is 15.2. The Hall–Kier alpha value is -0.750. The highest BCUT2D eigenvalue weighted by atomic mass is 35.5. The summed E-state index contributed by atoms with van der Waals surface area (Å²) < 4.78 is 5.63. The zero-order valence-corrected chi connectivity index (χ0v) is 13.9. The Balaban J connectivity index is 1.78. The minimum atomic E-state index is -0.189. The van der Waals surface area contributed by atoms with Crippen LogP contribution in [0.4, 0.5) is 0 Å². The Morgan fingerprint density at radius 3 is 3.05 bits per heavy atom. The van der Waals surface area contributed by atoms with Gasteiger partial charge in [-0.1, -0.05) is 23.7 Å². The summed E-state index contributed by atoms with van der Waals surface area (Å²) in [6.45, 7) is 4.96. The van der Waals surface area contributed by atoms with Crippen molar-refractivity contribution in [3.8, 4) is 0 Å². The summed E-state index contributed by atoms with van der Waals surface area (Å²) in [6, 6.07) is 7.56. The van der Waals surface area contributed by atoms with Crippen LogP contribution in [-0.4, -0.2) is 55.4 Å². The van der Waals surface area contributed by atoms with Gasteiger partial charge >= 0.3 is 0 Å². The van der Waals surface area contributed by atoms with E-state index in [4.69, 9.17) is 16.3 Å². The van der Waals surface area contributed by atoms with E-state index in [9.17, 15) is 4.79 Å². The first kappa shape index (κ1) is 16.6. The van der Waals surface area contributed by atoms with Gasteiger partial charge in [0.2, 0.25) is 5.91 Å². The molecule has 1 aliphatic rings. The molecule has 4 nitrogen and oxygen atoms in total. The van der Waals surface area contributed by atoms with Gasteiger partial charge in [0.15, 0.2) is 0 Å². The van der Waals surface area contributed by atoms with Crippen LogP contribution in [0.15, 0.2) is 29.2 Å². The molecule has 116 valence electrons. The van der Waals surface area contributed by atoms with Crippen molar-refractivity contribution in [2.75, 3.05) is 33.3 Å². The third kappa shape index (κ3) is 5.18. The van der Waals surface area contributed by atoms with Crippen molar-refractivity contribution in [1.82, 2.24) is 10.2 Å². The molecule has 21 heavy (non-hydrogen) atoms. The van der Waals surface area contributed by atoms with E-state index in [2.05, 4.69) is 17.3 Å². The lowest BCUT2D eigenvalue weighted by Crippen LogP contribution is -2.47. The van der Waals surface area contributed by atoms with E-state index in [0.29, 0.717) is 11.6 Å². The standard InChI is InChI=1S/C15H21ClN2O2S/c1-11(21-14-6-4-3-5-13(14)16)15(19)17-9-12-10-18(2)7-8-20-12/h3-6,11-12H,7-10H2,1-2H3,(H,17,19). The molecule has 0 bridgehead atoms. The van der Waals surface area contributed by atoms with E-state index < -0.39 is 0 Å². The van der Waals surface area contributed by atoms with Crippen LogP contribution in [0, 0.1) is 0 Å². The minimum Gasteiger partial charge on any atom is -0.374 e. The fourth-order valence-corrected chi connectivity index (χ4v) is 3.31. The Morgan fingerprint density at radius 1 is 1.57 bits per heavy atom. The number of morpholine rings is 1. The smallest absolute Gasteiger partial charge is 0.233 e. The summed E-state index contributed by atoms with van der Waals surface area (Å²) in [6.07, 6.45) is 0.0743. The SMILES string of the molecule is CC(Sc1ccccc1Cl)C(=O)NCC1CN(C)CCO1. The third-order valence-corrected chi connectivity index (χ3v) is 4.97. The molecule has 1 N–H and O–H groups in total. The lowest BCUT2D eigenvalue weighted by molar-refractivity contribution is -0.121. The topological polar surface area (TPSA) is 41.6 Å². The van der Waals surface area contributed by atoms with Gasteiger partial charge in [-0.15, -0.1) is 11.8 Å². The van der Waals surface area contributed by atoms with Crippen LogP contribution in [0.25, 0.3) is 0 Å². The third-order valence-electron chi connectivity index (χ3n) is 3.36. The van der Waals surface area contributed by atoms with E-state index in [1.54, 1.807) is 0 Å². The molecule has 2 unspecified atom stereocenters. The maximum absolute atomic E-state index is 12.1. The van der Waals surface area contributed by atoms with Crippen LogP contribution in [0.2, 0.25) is 5.02 Å². The fraction of sp³-hybridized carbons (Fsp3) is 0.533. The van der Waals surface area contributed by atoms with Crippen LogP contribution >= 0.6 is 23.4 Å². The van der Waals surface area contributed by atoms with Crippen molar-refractivity contribution in [2.45, 2.75) is 23.2 Å². The highest BCUT2D eigenvalue weighted by Crippen LogP contribution is 2.29. The van der Waals surface area contributed by atoms with Gasteiger partial charge in [0.05, 0.1) is 23.0 Å². The molecular formula is C15H21ClN2O2S. The molecule has 2 rings (SSSR count). The second kappa shape index (κ2) is 8.03. The normalized spacial score (nSPS) is 21.0. The number of likely N-dealkylation sites (N-methyl/N-ethyl adjacent to an activating group) is 1. The molecule has 2 atom stereocenters. The molecule has 0 aromatic heterocycles. The number of halogens is 1. The van der Waals surface area contributed by atoms with Gasteiger partial charge in [0.25, 0.3) is 0 Å². The number of carbonyl (C=O) groups is 1. The number of benzene rings is 1. The number of nitrogens with one attached hydrogen (secondary N) is 1. The molecule has 1 saturated heterocycles. The van der Waals surface area contributed by atoms with Crippen molar-refractivity contribution in [3.63, 3.8) is 0 Å². The minimum absolute atomic E-state index is 0.0109. The van der Waals surface area contributed by atoms with Gasteiger partial charge in [-0.25, -0.2) is 0 Å². The van der Waals surface area contributed by atoms with E-state index in [-0.39, 0.29) is 17.3 Å². The molecule has 0 aliphatic carbocycles. The zero-order valence-electron chi connectivity index (χ0n) is 12.3. The summed E-state index contributed by atoms with van der Waals surface area (Å²) in [4.78, 5) is 15.3. The summed E-state index contributed by atoms with van der Waals surface area (Å²) in [5.74, 6) is 0.0109. The summed E-state index contributed by atoms with van der Waals surface area (Å²) in [5.41, 5.74) is 0. The molecule has 1 fully saturated rings. The number of hydrogen-bond acceptors (Lipinski definition) is 4. The van der Waals surface area contributed by atoms with Crippen molar-refractivity contribution in [1.29, 1.82) is 0 Å². The largest absolute Gasteiger partial charge is 0.374 e. The predicted octanol–water partition coefficient (Wildman–Crippen LogP) is 2.27. The average Bonchev–Trinajstić information content (AvgIpc) is 2.47. The van der Waals surface area contributed by atoms with E-state index in [0.717, 1.165) is 24.6 Å². The van der Waals surface area contributed by atoms with Crippen molar-refractivity contribution >= 4 is 29.3 Å². The molecule has 1 amide bonds. The highest BCUT2D eigenvalue weighted by Gasteiger charge is 2.20. The number of thioether (sulfide) groups is 1. The molecule has 0 saturated carbocycles. The van der Waals surface area contributed by atoms with E-state index >= 15 is 0 Å². The molecule has 6 heteroatoms. The number of rotatable bonds is 5. The number of carbonyl (C=O) groups excluding carboxylic acids is 1. The van der Waals surface area contributed by atoms with Crippen LogP contribution < -0.4 is 5.32 Å². The second-order valence-corrected chi connectivity index (χ2v) is 6.98. The fourth-order valence-electron chi connectivity index (χ4n) is 2.13. The Kier molecular flexibility index (Phi) is 6.36. The van der Waals surface area contributed by atoms with Gasteiger partial charge in [-0.3, -0.25) is 4.79 Å². The summed E-state index contributed by atoms with van der Waals surface area (Å²) >= 11 is 7.58. The number of ether oxygens (including phenoxy) is 1. The maximum atomic E-state index is 12.1. The monoisotopic (exact) mass is 328 g/mol. The quantitative estimate of drug-likeness (QED) is 0.842. The lowest BCUT2D eigenvalue weighted by atomic mass is 10.3. The molecule has 1 aliphatic heterocycles. The molecule has 0 spiro atoms. The number of hydrogen-bond donors (Lipinski definition) is 1. The number of nitrogens with zero attached hydrogens (tertiary/aromatic N) is 1. The van der Waals surface area contributed by atoms with Crippen molar-refractivity contribution in [3.05, 3.63) is 29.3 Å². The van der Waals surface area contributed by atoms with E-state index in [1.807, 2.05) is 31.2 Å². The van der Waals surface area contributed by atoms with Crippen molar-refractivity contribution < 1.29 is 9.53 Å².